The highest BCUT2D eigenvalue weighted by Crippen LogP contribution is 2.28. The van der Waals surface area contributed by atoms with Gasteiger partial charge in [-0.25, -0.2) is 0 Å². The number of hydrogen-bond donors (Lipinski definition) is 1. The third-order valence-corrected chi connectivity index (χ3v) is 3.60. The molecule has 1 rings (SSSR count). The van der Waals surface area contributed by atoms with Crippen LogP contribution in [0.2, 0.25) is 0 Å². The van der Waals surface area contributed by atoms with E-state index in [4.69, 9.17) is 5.73 Å². The van der Waals surface area contributed by atoms with Crippen LogP contribution in [-0.4, -0.2) is 5.78 Å². The van der Waals surface area contributed by atoms with Crippen LogP contribution in [0.25, 0.3) is 0 Å². The number of nitrogens with two attached hydrogens (primary N) is 1. The SMILES string of the molecule is CC(=O)CCC(N)c1c(C)c(C)cc(C)c1C. The van der Waals surface area contributed by atoms with Crippen LogP contribution < -0.4 is 5.73 Å². The van der Waals surface area contributed by atoms with Crippen LogP contribution in [-0.2, 0) is 4.79 Å². The minimum Gasteiger partial charge on any atom is -0.324 e. The van der Waals surface area contributed by atoms with Crippen molar-refractivity contribution in [2.75, 3.05) is 0 Å². The molecule has 0 aliphatic rings. The molecule has 0 aliphatic heterocycles. The number of rotatable bonds is 4. The lowest BCUT2D eigenvalue weighted by Gasteiger charge is -2.20. The summed E-state index contributed by atoms with van der Waals surface area (Å²) in [4.78, 5) is 11.0. The van der Waals surface area contributed by atoms with Crippen LogP contribution in [0.15, 0.2) is 6.07 Å². The van der Waals surface area contributed by atoms with Gasteiger partial charge in [0, 0.05) is 12.5 Å². The molecule has 0 aromatic heterocycles. The fourth-order valence-electron chi connectivity index (χ4n) is 2.31. The normalized spacial score (nSPS) is 12.6. The molecule has 0 saturated heterocycles. The van der Waals surface area contributed by atoms with Crippen molar-refractivity contribution < 1.29 is 4.79 Å². The number of Topliss-reactive ketones (excluding diaryl/α,β-unsaturated/α-hetero) is 1. The monoisotopic (exact) mass is 233 g/mol. The zero-order valence-electron chi connectivity index (χ0n) is 11.6. The molecule has 0 radical (unpaired) electrons. The molecule has 0 aliphatic carbocycles. The fourth-order valence-corrected chi connectivity index (χ4v) is 2.31. The van der Waals surface area contributed by atoms with Gasteiger partial charge in [0.05, 0.1) is 0 Å². The molecule has 1 aromatic rings. The largest absolute Gasteiger partial charge is 0.324 e. The Bertz CT molecular complexity index is 409. The summed E-state index contributed by atoms with van der Waals surface area (Å²) in [5.74, 6) is 0.208. The molecule has 94 valence electrons. The van der Waals surface area contributed by atoms with Gasteiger partial charge in [-0.15, -0.1) is 0 Å². The van der Waals surface area contributed by atoms with Gasteiger partial charge in [0.2, 0.25) is 0 Å². The van der Waals surface area contributed by atoms with Crippen LogP contribution in [0.5, 0.6) is 0 Å². The van der Waals surface area contributed by atoms with E-state index in [1.54, 1.807) is 6.92 Å². The van der Waals surface area contributed by atoms with Crippen molar-refractivity contribution in [3.05, 3.63) is 33.9 Å². The van der Waals surface area contributed by atoms with E-state index in [-0.39, 0.29) is 11.8 Å². The summed E-state index contributed by atoms with van der Waals surface area (Å²) in [6.45, 7) is 10.1. The molecule has 0 amide bonds. The Labute approximate surface area is 104 Å². The number of aryl methyl sites for hydroxylation is 2. The van der Waals surface area contributed by atoms with Crippen molar-refractivity contribution in [1.82, 2.24) is 0 Å². The van der Waals surface area contributed by atoms with Gasteiger partial charge in [-0.05, 0) is 68.9 Å². The lowest BCUT2D eigenvalue weighted by atomic mass is 9.88. The van der Waals surface area contributed by atoms with Gasteiger partial charge < -0.3 is 10.5 Å². The zero-order chi connectivity index (χ0) is 13.2. The minimum atomic E-state index is -0.0301. The first kappa shape index (κ1) is 13.9. The summed E-state index contributed by atoms with van der Waals surface area (Å²) in [5, 5.41) is 0. The first-order valence-electron chi connectivity index (χ1n) is 6.17. The summed E-state index contributed by atoms with van der Waals surface area (Å²) in [7, 11) is 0. The van der Waals surface area contributed by atoms with E-state index in [2.05, 4.69) is 33.8 Å². The third kappa shape index (κ3) is 3.16. The molecule has 0 heterocycles. The third-order valence-electron chi connectivity index (χ3n) is 3.60. The molecule has 0 fully saturated rings. The van der Waals surface area contributed by atoms with E-state index >= 15 is 0 Å². The first-order valence-corrected chi connectivity index (χ1v) is 6.17. The fraction of sp³-hybridized carbons (Fsp3) is 0.533. The molecule has 0 spiro atoms. The second-order valence-electron chi connectivity index (χ2n) is 5.02. The van der Waals surface area contributed by atoms with E-state index in [1.165, 1.54) is 27.8 Å². The van der Waals surface area contributed by atoms with E-state index in [1.807, 2.05) is 0 Å². The van der Waals surface area contributed by atoms with Gasteiger partial charge in [-0.2, -0.15) is 0 Å². The second-order valence-corrected chi connectivity index (χ2v) is 5.02. The van der Waals surface area contributed by atoms with Crippen molar-refractivity contribution >= 4 is 5.78 Å². The topological polar surface area (TPSA) is 43.1 Å². The Kier molecular flexibility index (Phi) is 4.47. The average molecular weight is 233 g/mol. The second kappa shape index (κ2) is 5.46. The molecule has 0 bridgehead atoms. The quantitative estimate of drug-likeness (QED) is 0.867. The maximum Gasteiger partial charge on any atom is 0.129 e. The van der Waals surface area contributed by atoms with Gasteiger partial charge in [0.1, 0.15) is 5.78 Å². The van der Waals surface area contributed by atoms with E-state index in [0.717, 1.165) is 6.42 Å². The smallest absolute Gasteiger partial charge is 0.129 e. The summed E-state index contributed by atoms with van der Waals surface area (Å²) < 4.78 is 0. The van der Waals surface area contributed by atoms with E-state index in [0.29, 0.717) is 6.42 Å². The number of carbonyl (C=O) groups excluding carboxylic acids is 1. The van der Waals surface area contributed by atoms with Crippen molar-refractivity contribution in [2.24, 2.45) is 5.73 Å². The number of ketones is 1. The Morgan fingerprint density at radius 3 is 2.06 bits per heavy atom. The average Bonchev–Trinajstić information content (AvgIpc) is 2.24. The van der Waals surface area contributed by atoms with Crippen molar-refractivity contribution in [3.63, 3.8) is 0 Å². The molecular formula is C15H23NO. The van der Waals surface area contributed by atoms with Crippen LogP contribution in [0.3, 0.4) is 0 Å². The molecule has 2 N–H and O–H groups in total. The first-order chi connectivity index (χ1) is 7.84. The maximum absolute atomic E-state index is 11.0. The Morgan fingerprint density at radius 1 is 1.18 bits per heavy atom. The molecule has 2 nitrogen and oxygen atoms in total. The van der Waals surface area contributed by atoms with Crippen molar-refractivity contribution in [3.8, 4) is 0 Å². The maximum atomic E-state index is 11.0. The number of carbonyl (C=O) groups is 1. The van der Waals surface area contributed by atoms with E-state index in [9.17, 15) is 4.79 Å². The van der Waals surface area contributed by atoms with Crippen molar-refractivity contribution in [1.29, 1.82) is 0 Å². The highest BCUT2D eigenvalue weighted by Gasteiger charge is 2.15. The lowest BCUT2D eigenvalue weighted by molar-refractivity contribution is -0.117. The Hall–Kier alpha value is -1.15. The summed E-state index contributed by atoms with van der Waals surface area (Å²) in [6, 6.07) is 2.17. The zero-order valence-corrected chi connectivity index (χ0v) is 11.6. The number of benzene rings is 1. The van der Waals surface area contributed by atoms with Gasteiger partial charge >= 0.3 is 0 Å². The number of hydrogen-bond acceptors (Lipinski definition) is 2. The molecule has 0 saturated carbocycles. The van der Waals surface area contributed by atoms with Gasteiger partial charge in [-0.3, -0.25) is 0 Å². The van der Waals surface area contributed by atoms with Gasteiger partial charge in [-0.1, -0.05) is 6.07 Å². The predicted molar refractivity (Wildman–Crippen MR) is 72.2 cm³/mol. The van der Waals surface area contributed by atoms with E-state index < -0.39 is 0 Å². The summed E-state index contributed by atoms with van der Waals surface area (Å²) in [6.07, 6.45) is 1.30. The molecule has 17 heavy (non-hydrogen) atoms. The Balaban J connectivity index is 3.07. The Morgan fingerprint density at radius 2 is 1.65 bits per heavy atom. The molecule has 1 atom stereocenters. The minimum absolute atomic E-state index is 0.0301. The predicted octanol–water partition coefficient (Wildman–Crippen LogP) is 3.29. The lowest BCUT2D eigenvalue weighted by Crippen LogP contribution is -2.16. The van der Waals surface area contributed by atoms with Crippen molar-refractivity contribution in [2.45, 2.75) is 53.5 Å². The van der Waals surface area contributed by atoms with Crippen LogP contribution >= 0.6 is 0 Å². The van der Waals surface area contributed by atoms with Crippen LogP contribution in [0.4, 0.5) is 0 Å². The van der Waals surface area contributed by atoms with Gasteiger partial charge in [0.15, 0.2) is 0 Å². The molecule has 2 heteroatoms. The van der Waals surface area contributed by atoms with Crippen LogP contribution in [0, 0.1) is 27.7 Å². The summed E-state index contributed by atoms with van der Waals surface area (Å²) in [5.41, 5.74) is 12.5. The summed E-state index contributed by atoms with van der Waals surface area (Å²) >= 11 is 0. The van der Waals surface area contributed by atoms with Gasteiger partial charge in [0.25, 0.3) is 0 Å². The molecule has 1 aromatic carbocycles. The molecule has 1 unspecified atom stereocenters. The molecular weight excluding hydrogens is 210 g/mol. The van der Waals surface area contributed by atoms with Crippen LogP contribution in [0.1, 0.15) is 53.6 Å². The standard InChI is InChI=1S/C15H23NO/c1-9-8-10(2)13(5)15(12(9)4)14(16)7-6-11(3)17/h8,14H,6-7,16H2,1-5H3. The highest BCUT2D eigenvalue weighted by atomic mass is 16.1. The highest BCUT2D eigenvalue weighted by molar-refractivity contribution is 5.75.